The van der Waals surface area contributed by atoms with Gasteiger partial charge in [-0.15, -0.1) is 0 Å². The number of aromatic carboxylic acids is 1. The van der Waals surface area contributed by atoms with Crippen LogP contribution in [0.15, 0.2) is 48.5 Å². The van der Waals surface area contributed by atoms with E-state index in [2.05, 4.69) is 6.92 Å². The molecule has 1 heterocycles. The van der Waals surface area contributed by atoms with Gasteiger partial charge in [0.15, 0.2) is 0 Å². The Kier molecular flexibility index (Phi) is 5.35. The summed E-state index contributed by atoms with van der Waals surface area (Å²) >= 11 is 0. The highest BCUT2D eigenvalue weighted by Gasteiger charge is 2.34. The van der Waals surface area contributed by atoms with Crippen LogP contribution in [-0.4, -0.2) is 28.4 Å². The second-order valence-corrected chi connectivity index (χ2v) is 6.92. The van der Waals surface area contributed by atoms with Crippen LogP contribution in [0.4, 0.5) is 4.39 Å². The number of benzene rings is 2. The number of amides is 1. The van der Waals surface area contributed by atoms with Crippen molar-refractivity contribution < 1.29 is 19.1 Å². The molecule has 0 bridgehead atoms. The molecule has 2 aromatic rings. The van der Waals surface area contributed by atoms with Crippen molar-refractivity contribution in [2.24, 2.45) is 5.92 Å². The zero-order valence-corrected chi connectivity index (χ0v) is 14.7. The second-order valence-electron chi connectivity index (χ2n) is 6.92. The number of carbonyl (C=O) groups excluding carboxylic acids is 1. The van der Waals surface area contributed by atoms with Crippen LogP contribution in [0.25, 0.3) is 0 Å². The Morgan fingerprint density at radius 3 is 2.69 bits per heavy atom. The van der Waals surface area contributed by atoms with Crippen LogP contribution in [-0.2, 0) is 11.2 Å². The highest BCUT2D eigenvalue weighted by atomic mass is 19.1. The first-order chi connectivity index (χ1) is 12.5. The van der Waals surface area contributed by atoms with Gasteiger partial charge in [0.05, 0.1) is 11.6 Å². The summed E-state index contributed by atoms with van der Waals surface area (Å²) in [5.74, 6) is -0.965. The van der Waals surface area contributed by atoms with Gasteiger partial charge in [-0.3, -0.25) is 4.79 Å². The Hall–Kier alpha value is -2.69. The highest BCUT2D eigenvalue weighted by molar-refractivity contribution is 5.89. The van der Waals surface area contributed by atoms with Gasteiger partial charge < -0.3 is 10.0 Å². The summed E-state index contributed by atoms with van der Waals surface area (Å²) in [6.07, 6.45) is 1.42. The van der Waals surface area contributed by atoms with Gasteiger partial charge in [0.1, 0.15) is 5.82 Å². The molecule has 0 aliphatic carbocycles. The predicted molar refractivity (Wildman–Crippen MR) is 96.4 cm³/mol. The average molecular weight is 355 g/mol. The maximum atomic E-state index is 13.6. The van der Waals surface area contributed by atoms with E-state index < -0.39 is 5.97 Å². The largest absolute Gasteiger partial charge is 0.478 e. The molecule has 4 nitrogen and oxygen atoms in total. The molecule has 2 atom stereocenters. The number of carboxylic acids is 1. The Balaban J connectivity index is 1.73. The van der Waals surface area contributed by atoms with Crippen LogP contribution in [0.3, 0.4) is 0 Å². The molecule has 1 aliphatic rings. The zero-order valence-electron chi connectivity index (χ0n) is 14.7. The summed E-state index contributed by atoms with van der Waals surface area (Å²) in [5, 5.41) is 9.26. The van der Waals surface area contributed by atoms with Crippen molar-refractivity contribution in [3.8, 4) is 0 Å². The molecule has 1 amide bonds. The van der Waals surface area contributed by atoms with Crippen molar-refractivity contribution in [1.82, 2.24) is 4.90 Å². The summed E-state index contributed by atoms with van der Waals surface area (Å²) < 4.78 is 13.6. The van der Waals surface area contributed by atoms with E-state index in [0.29, 0.717) is 24.4 Å². The number of likely N-dealkylation sites (tertiary alicyclic amines) is 1. The lowest BCUT2D eigenvalue weighted by molar-refractivity contribution is -0.132. The van der Waals surface area contributed by atoms with Crippen molar-refractivity contribution >= 4 is 11.9 Å². The van der Waals surface area contributed by atoms with Crippen LogP contribution in [0, 0.1) is 11.7 Å². The molecule has 1 saturated heterocycles. The number of halogens is 1. The molecule has 0 spiro atoms. The SMILES string of the molecule is CC1CC(c2cccc(F)c2)N(C(=O)CCc2ccccc2C(=O)O)C1. The topological polar surface area (TPSA) is 57.6 Å². The molecule has 1 N–H and O–H groups in total. The van der Waals surface area contributed by atoms with Crippen molar-refractivity contribution in [1.29, 1.82) is 0 Å². The van der Waals surface area contributed by atoms with E-state index >= 15 is 0 Å². The fraction of sp³-hybridized carbons (Fsp3) is 0.333. The number of rotatable bonds is 5. The third-order valence-electron chi connectivity index (χ3n) is 4.92. The van der Waals surface area contributed by atoms with Gasteiger partial charge in [-0.2, -0.15) is 0 Å². The smallest absolute Gasteiger partial charge is 0.335 e. The first-order valence-corrected chi connectivity index (χ1v) is 8.82. The minimum absolute atomic E-state index is 0.0243. The third kappa shape index (κ3) is 3.93. The molecule has 3 rings (SSSR count). The molecular formula is C21H22FNO3. The predicted octanol–water partition coefficient (Wildman–Crippen LogP) is 4.07. The number of nitrogens with zero attached hydrogens (tertiary/aromatic N) is 1. The minimum atomic E-state index is -0.986. The Morgan fingerprint density at radius 2 is 1.96 bits per heavy atom. The Labute approximate surface area is 152 Å². The van der Waals surface area contributed by atoms with E-state index in [-0.39, 0.29) is 29.8 Å². The highest BCUT2D eigenvalue weighted by Crippen LogP contribution is 2.36. The summed E-state index contributed by atoms with van der Waals surface area (Å²) in [5.41, 5.74) is 1.70. The van der Waals surface area contributed by atoms with Gasteiger partial charge >= 0.3 is 5.97 Å². The first kappa shape index (κ1) is 18.1. The monoisotopic (exact) mass is 355 g/mol. The van der Waals surface area contributed by atoms with Gasteiger partial charge in [-0.05, 0) is 48.1 Å². The molecule has 5 heteroatoms. The normalized spacial score (nSPS) is 19.5. The fourth-order valence-corrected chi connectivity index (χ4v) is 3.68. The Morgan fingerprint density at radius 1 is 1.19 bits per heavy atom. The first-order valence-electron chi connectivity index (χ1n) is 8.82. The minimum Gasteiger partial charge on any atom is -0.478 e. The third-order valence-corrected chi connectivity index (χ3v) is 4.92. The fourth-order valence-electron chi connectivity index (χ4n) is 3.68. The number of aryl methyl sites for hydroxylation is 1. The lowest BCUT2D eigenvalue weighted by atomic mass is 10.00. The zero-order chi connectivity index (χ0) is 18.7. The summed E-state index contributed by atoms with van der Waals surface area (Å²) in [6, 6.07) is 13.0. The van der Waals surface area contributed by atoms with Gasteiger partial charge in [0.2, 0.25) is 5.91 Å². The van der Waals surface area contributed by atoms with Crippen LogP contribution >= 0.6 is 0 Å². The number of carboxylic acid groups (broad SMARTS) is 1. The lowest BCUT2D eigenvalue weighted by Crippen LogP contribution is -2.31. The average Bonchev–Trinajstić information content (AvgIpc) is 3.02. The van der Waals surface area contributed by atoms with E-state index in [1.807, 2.05) is 11.0 Å². The lowest BCUT2D eigenvalue weighted by Gasteiger charge is -2.25. The molecule has 2 unspecified atom stereocenters. The van der Waals surface area contributed by atoms with Crippen LogP contribution < -0.4 is 0 Å². The summed E-state index contributed by atoms with van der Waals surface area (Å²) in [4.78, 5) is 25.9. The van der Waals surface area contributed by atoms with E-state index in [1.165, 1.54) is 12.1 Å². The van der Waals surface area contributed by atoms with E-state index in [1.54, 1.807) is 30.3 Å². The van der Waals surface area contributed by atoms with E-state index in [9.17, 15) is 19.1 Å². The summed E-state index contributed by atoms with van der Waals surface area (Å²) in [7, 11) is 0. The molecule has 2 aromatic carbocycles. The summed E-state index contributed by atoms with van der Waals surface area (Å²) in [6.45, 7) is 2.72. The molecule has 136 valence electrons. The molecular weight excluding hydrogens is 333 g/mol. The maximum Gasteiger partial charge on any atom is 0.335 e. The number of hydrogen-bond donors (Lipinski definition) is 1. The molecule has 1 aliphatic heterocycles. The molecule has 1 fully saturated rings. The standard InChI is InChI=1S/C21H22FNO3/c1-14-11-19(16-6-4-7-17(22)12-16)23(13-14)20(24)10-9-15-5-2-3-8-18(15)21(25)26/h2-8,12,14,19H,9-11,13H2,1H3,(H,25,26). The molecule has 0 saturated carbocycles. The second kappa shape index (κ2) is 7.68. The molecule has 0 radical (unpaired) electrons. The van der Waals surface area contributed by atoms with Gasteiger partial charge in [0, 0.05) is 13.0 Å². The molecule has 0 aromatic heterocycles. The Bertz CT molecular complexity index is 820. The number of carbonyl (C=O) groups is 2. The van der Waals surface area contributed by atoms with E-state index in [4.69, 9.17) is 0 Å². The van der Waals surface area contributed by atoms with Crippen molar-refractivity contribution in [3.63, 3.8) is 0 Å². The van der Waals surface area contributed by atoms with Crippen LogP contribution in [0.1, 0.15) is 47.3 Å². The van der Waals surface area contributed by atoms with Crippen molar-refractivity contribution in [2.45, 2.75) is 32.2 Å². The van der Waals surface area contributed by atoms with Crippen LogP contribution in [0.5, 0.6) is 0 Å². The van der Waals surface area contributed by atoms with Crippen molar-refractivity contribution in [2.75, 3.05) is 6.54 Å². The van der Waals surface area contributed by atoms with Gasteiger partial charge in [0.25, 0.3) is 0 Å². The van der Waals surface area contributed by atoms with Crippen LogP contribution in [0.2, 0.25) is 0 Å². The quantitative estimate of drug-likeness (QED) is 0.880. The van der Waals surface area contributed by atoms with Gasteiger partial charge in [-0.1, -0.05) is 37.3 Å². The maximum absolute atomic E-state index is 13.6. The van der Waals surface area contributed by atoms with Gasteiger partial charge in [-0.25, -0.2) is 9.18 Å². The van der Waals surface area contributed by atoms with E-state index in [0.717, 1.165) is 12.0 Å². The van der Waals surface area contributed by atoms with Crippen molar-refractivity contribution in [3.05, 3.63) is 71.0 Å². The molecule has 26 heavy (non-hydrogen) atoms. The number of hydrogen-bond acceptors (Lipinski definition) is 2.